The van der Waals surface area contributed by atoms with Crippen LogP contribution >= 0.6 is 0 Å². The third-order valence-electron chi connectivity index (χ3n) is 4.76. The molecular weight excluding hydrogens is 356 g/mol. The number of piperazine rings is 1. The van der Waals surface area contributed by atoms with Crippen molar-refractivity contribution in [2.24, 2.45) is 10.7 Å². The van der Waals surface area contributed by atoms with Crippen LogP contribution < -0.4 is 25.4 Å². The molecule has 0 spiro atoms. The van der Waals surface area contributed by atoms with Crippen molar-refractivity contribution in [2.75, 3.05) is 57.7 Å². The Morgan fingerprint density at radius 1 is 1.18 bits per heavy atom. The van der Waals surface area contributed by atoms with Crippen LogP contribution in [0.2, 0.25) is 0 Å². The monoisotopic (exact) mass is 384 g/mol. The molecule has 1 aromatic heterocycles. The normalized spacial score (nSPS) is 15.4. The zero-order chi connectivity index (χ0) is 19.9. The lowest BCUT2D eigenvalue weighted by atomic mass is 10.2. The summed E-state index contributed by atoms with van der Waals surface area (Å²) in [5, 5.41) is 3.09. The van der Waals surface area contributed by atoms with Crippen LogP contribution in [0.15, 0.2) is 41.5 Å². The second-order valence-corrected chi connectivity index (χ2v) is 6.67. The van der Waals surface area contributed by atoms with Crippen molar-refractivity contribution in [1.82, 2.24) is 9.88 Å². The van der Waals surface area contributed by atoms with Gasteiger partial charge in [-0.25, -0.2) is 9.98 Å². The number of anilines is 2. The summed E-state index contributed by atoms with van der Waals surface area (Å²) >= 11 is 0. The van der Waals surface area contributed by atoms with Gasteiger partial charge in [-0.3, -0.25) is 0 Å². The van der Waals surface area contributed by atoms with Gasteiger partial charge in [-0.1, -0.05) is 6.07 Å². The number of nitrogens with two attached hydrogens (primary N) is 1. The number of pyridine rings is 1. The second kappa shape index (κ2) is 9.27. The van der Waals surface area contributed by atoms with Gasteiger partial charge in [0.2, 0.25) is 0 Å². The lowest BCUT2D eigenvalue weighted by Crippen LogP contribution is -2.45. The SMILES string of the molecule is COc1ccc(OC)c(NC(N)=NCc2cccnc2N2CCN(C)CC2)c1. The first-order valence-corrected chi connectivity index (χ1v) is 9.27. The first-order valence-electron chi connectivity index (χ1n) is 9.27. The van der Waals surface area contributed by atoms with E-state index in [2.05, 4.69) is 32.1 Å². The molecule has 0 amide bonds. The van der Waals surface area contributed by atoms with Crippen LogP contribution in [0.25, 0.3) is 0 Å². The third-order valence-corrected chi connectivity index (χ3v) is 4.76. The van der Waals surface area contributed by atoms with Gasteiger partial charge in [-0.15, -0.1) is 0 Å². The molecule has 150 valence electrons. The summed E-state index contributed by atoms with van der Waals surface area (Å²) in [6.07, 6.45) is 1.82. The fourth-order valence-corrected chi connectivity index (χ4v) is 3.12. The van der Waals surface area contributed by atoms with Crippen LogP contribution in [0.1, 0.15) is 5.56 Å². The van der Waals surface area contributed by atoms with E-state index in [1.807, 2.05) is 36.5 Å². The average Bonchev–Trinajstić information content (AvgIpc) is 2.73. The predicted octanol–water partition coefficient (Wildman–Crippen LogP) is 1.78. The minimum atomic E-state index is 0.305. The Bertz CT molecular complexity index is 818. The van der Waals surface area contributed by atoms with Gasteiger partial charge in [-0.2, -0.15) is 0 Å². The molecule has 1 aromatic carbocycles. The van der Waals surface area contributed by atoms with Crippen LogP contribution in [-0.4, -0.2) is 63.3 Å². The number of nitrogens with zero attached hydrogens (tertiary/aromatic N) is 4. The Balaban J connectivity index is 1.72. The van der Waals surface area contributed by atoms with Crippen molar-refractivity contribution in [2.45, 2.75) is 6.54 Å². The Hall–Kier alpha value is -3.00. The number of guanidine groups is 1. The molecule has 1 aliphatic rings. The molecule has 0 unspecified atom stereocenters. The van der Waals surface area contributed by atoms with Crippen molar-refractivity contribution in [3.05, 3.63) is 42.1 Å². The van der Waals surface area contributed by atoms with E-state index in [4.69, 9.17) is 15.2 Å². The highest BCUT2D eigenvalue weighted by Crippen LogP contribution is 2.28. The number of ether oxygens (including phenoxy) is 2. The van der Waals surface area contributed by atoms with E-state index in [9.17, 15) is 0 Å². The van der Waals surface area contributed by atoms with E-state index in [0.717, 1.165) is 37.6 Å². The molecule has 28 heavy (non-hydrogen) atoms. The predicted molar refractivity (Wildman–Crippen MR) is 112 cm³/mol. The third kappa shape index (κ3) is 4.83. The van der Waals surface area contributed by atoms with E-state index in [1.54, 1.807) is 14.2 Å². The summed E-state index contributed by atoms with van der Waals surface area (Å²) in [7, 11) is 5.36. The molecule has 1 saturated heterocycles. The number of likely N-dealkylation sites (N-methyl/N-ethyl adjacent to an activating group) is 1. The molecular formula is C20H28N6O2. The average molecular weight is 384 g/mol. The molecule has 8 nitrogen and oxygen atoms in total. The Labute approximate surface area is 166 Å². The van der Waals surface area contributed by atoms with Crippen molar-refractivity contribution < 1.29 is 9.47 Å². The second-order valence-electron chi connectivity index (χ2n) is 6.67. The highest BCUT2D eigenvalue weighted by atomic mass is 16.5. The largest absolute Gasteiger partial charge is 0.497 e. The number of hydrogen-bond acceptors (Lipinski definition) is 6. The molecule has 0 bridgehead atoms. The van der Waals surface area contributed by atoms with Gasteiger partial charge in [0.15, 0.2) is 5.96 Å². The van der Waals surface area contributed by atoms with Crippen LogP contribution in [-0.2, 0) is 6.54 Å². The summed E-state index contributed by atoms with van der Waals surface area (Å²) in [6.45, 7) is 4.41. The lowest BCUT2D eigenvalue weighted by Gasteiger charge is -2.34. The number of aliphatic imine (C=N–C) groups is 1. The maximum Gasteiger partial charge on any atom is 0.193 e. The Kier molecular flexibility index (Phi) is 6.54. The first kappa shape index (κ1) is 19.8. The smallest absolute Gasteiger partial charge is 0.193 e. The number of benzene rings is 1. The van der Waals surface area contributed by atoms with E-state index in [-0.39, 0.29) is 0 Å². The maximum absolute atomic E-state index is 6.12. The number of hydrogen-bond donors (Lipinski definition) is 2. The van der Waals surface area contributed by atoms with Gasteiger partial charge in [0.1, 0.15) is 17.3 Å². The molecule has 0 atom stereocenters. The van der Waals surface area contributed by atoms with Crippen molar-refractivity contribution >= 4 is 17.5 Å². The van der Waals surface area contributed by atoms with Gasteiger partial charge in [0, 0.05) is 44.0 Å². The molecule has 0 radical (unpaired) electrons. The molecule has 2 heterocycles. The Morgan fingerprint density at radius 2 is 1.96 bits per heavy atom. The molecule has 1 aliphatic heterocycles. The van der Waals surface area contributed by atoms with E-state index < -0.39 is 0 Å². The highest BCUT2D eigenvalue weighted by molar-refractivity contribution is 5.94. The molecule has 3 rings (SSSR count). The lowest BCUT2D eigenvalue weighted by molar-refractivity contribution is 0.312. The van der Waals surface area contributed by atoms with Crippen LogP contribution in [0.5, 0.6) is 11.5 Å². The van der Waals surface area contributed by atoms with Gasteiger partial charge < -0.3 is 30.3 Å². The minimum absolute atomic E-state index is 0.305. The van der Waals surface area contributed by atoms with Gasteiger partial charge in [-0.05, 0) is 25.2 Å². The zero-order valence-electron chi connectivity index (χ0n) is 16.7. The van der Waals surface area contributed by atoms with E-state index in [0.29, 0.717) is 29.7 Å². The van der Waals surface area contributed by atoms with Gasteiger partial charge in [0.25, 0.3) is 0 Å². The number of methoxy groups -OCH3 is 2. The number of rotatable bonds is 6. The zero-order valence-corrected chi connectivity index (χ0v) is 16.7. The van der Waals surface area contributed by atoms with E-state index >= 15 is 0 Å². The summed E-state index contributed by atoms with van der Waals surface area (Å²) in [5.41, 5.74) is 7.87. The fourth-order valence-electron chi connectivity index (χ4n) is 3.12. The van der Waals surface area contributed by atoms with Gasteiger partial charge >= 0.3 is 0 Å². The Morgan fingerprint density at radius 3 is 2.68 bits per heavy atom. The summed E-state index contributed by atoms with van der Waals surface area (Å²) in [5.74, 6) is 2.66. The van der Waals surface area contributed by atoms with Crippen molar-refractivity contribution in [3.8, 4) is 11.5 Å². The van der Waals surface area contributed by atoms with Crippen LogP contribution in [0, 0.1) is 0 Å². The molecule has 0 saturated carbocycles. The molecule has 2 aromatic rings. The fraction of sp³-hybridized carbons (Fsp3) is 0.400. The minimum Gasteiger partial charge on any atom is -0.497 e. The van der Waals surface area contributed by atoms with Crippen molar-refractivity contribution in [1.29, 1.82) is 0 Å². The molecule has 0 aliphatic carbocycles. The maximum atomic E-state index is 6.12. The van der Waals surface area contributed by atoms with E-state index in [1.165, 1.54) is 0 Å². The summed E-state index contributed by atoms with van der Waals surface area (Å²) in [6, 6.07) is 9.44. The van der Waals surface area contributed by atoms with Crippen LogP contribution in [0.3, 0.4) is 0 Å². The first-order chi connectivity index (χ1) is 13.6. The molecule has 8 heteroatoms. The van der Waals surface area contributed by atoms with Crippen molar-refractivity contribution in [3.63, 3.8) is 0 Å². The van der Waals surface area contributed by atoms with Crippen LogP contribution in [0.4, 0.5) is 11.5 Å². The molecule has 3 N–H and O–H groups in total. The number of nitrogens with one attached hydrogen (secondary N) is 1. The molecule has 1 fully saturated rings. The summed E-state index contributed by atoms with van der Waals surface area (Å²) in [4.78, 5) is 13.7. The standard InChI is InChI=1S/C20H28N6O2/c1-25-9-11-26(12-10-25)19-15(5-4-8-22-19)14-23-20(21)24-17-13-16(27-2)6-7-18(17)28-3/h4-8,13H,9-12,14H2,1-3H3,(H3,21,23,24). The summed E-state index contributed by atoms with van der Waals surface area (Å²) < 4.78 is 10.6. The highest BCUT2D eigenvalue weighted by Gasteiger charge is 2.17. The quantitative estimate of drug-likeness (QED) is 0.580. The number of aromatic nitrogens is 1. The van der Waals surface area contributed by atoms with Gasteiger partial charge in [0.05, 0.1) is 26.5 Å². The topological polar surface area (TPSA) is 88.2 Å².